The van der Waals surface area contributed by atoms with Gasteiger partial charge in [0.15, 0.2) is 0 Å². The molecule has 2 aliphatic heterocycles. The Labute approximate surface area is 125 Å². The van der Waals surface area contributed by atoms with Crippen LogP contribution in [0.15, 0.2) is 0 Å². The van der Waals surface area contributed by atoms with Crippen LogP contribution in [-0.2, 0) is 19.5 Å². The van der Waals surface area contributed by atoms with Crippen LogP contribution in [0, 0.1) is 0 Å². The van der Waals surface area contributed by atoms with Crippen LogP contribution < -0.4 is 35.3 Å². The molecule has 0 aromatic rings. The van der Waals surface area contributed by atoms with Crippen molar-refractivity contribution in [2.24, 2.45) is 5.73 Å². The Kier molecular flexibility index (Phi) is 4.62. The van der Waals surface area contributed by atoms with Crippen LogP contribution in [0.5, 0.6) is 0 Å². The number of fused-ring (bicyclic) bond motifs is 2. The zero-order valence-electron chi connectivity index (χ0n) is 9.61. The Bertz CT molecular complexity index is 468. The van der Waals surface area contributed by atoms with Gasteiger partial charge in [-0.3, -0.25) is 4.79 Å². The number of carbonyl (C=O) groups is 2. The number of piperidine rings is 1. The maximum atomic E-state index is 11.7. The Balaban J connectivity index is 0.00000162. The van der Waals surface area contributed by atoms with Gasteiger partial charge in [-0.1, -0.05) is 0 Å². The van der Waals surface area contributed by atoms with Gasteiger partial charge in [0.05, 0.1) is 6.04 Å². The first kappa shape index (κ1) is 15.7. The van der Waals surface area contributed by atoms with E-state index in [9.17, 15) is 22.6 Å². The summed E-state index contributed by atoms with van der Waals surface area (Å²) in [5.41, 5.74) is 5.11. The minimum Gasteiger partial charge on any atom is -0.724 e. The van der Waals surface area contributed by atoms with Crippen molar-refractivity contribution in [2.45, 2.75) is 24.9 Å². The standard InChI is InChI=1S/C7H11N3O6S.Na/c8-6(11)5-2-1-4-3-9(5)7(12)10(4)16-17(13,14)15;/h4-5H,1-3H2,(H2,8,11)(H,13,14,15);/q;+1/p-1/t4-,5?;/m1./s1. The molecule has 2 fully saturated rings. The zero-order valence-corrected chi connectivity index (χ0v) is 12.4. The molecule has 2 bridgehead atoms. The molecule has 0 saturated carbocycles. The Hall–Kier alpha value is -0.390. The van der Waals surface area contributed by atoms with Gasteiger partial charge < -0.3 is 15.2 Å². The number of nitrogens with zero attached hydrogens (tertiary/aromatic N) is 2. The molecule has 2 rings (SSSR count). The van der Waals surface area contributed by atoms with Crippen LogP contribution in [0.1, 0.15) is 12.8 Å². The van der Waals surface area contributed by atoms with Crippen molar-refractivity contribution in [1.82, 2.24) is 9.96 Å². The molecule has 0 aliphatic carbocycles. The van der Waals surface area contributed by atoms with Gasteiger partial charge in [-0.2, -0.15) is 9.35 Å². The molecule has 9 nitrogen and oxygen atoms in total. The first-order chi connectivity index (χ1) is 7.79. The predicted molar refractivity (Wildman–Crippen MR) is 50.7 cm³/mol. The maximum absolute atomic E-state index is 11.7. The molecule has 3 amide bonds. The maximum Gasteiger partial charge on any atom is 1.00 e. The van der Waals surface area contributed by atoms with E-state index in [-0.39, 0.29) is 36.1 Å². The number of amides is 3. The van der Waals surface area contributed by atoms with E-state index in [2.05, 4.69) is 4.28 Å². The van der Waals surface area contributed by atoms with Gasteiger partial charge in [0.2, 0.25) is 16.3 Å². The molecular weight excluding hydrogens is 277 g/mol. The van der Waals surface area contributed by atoms with Gasteiger partial charge in [0, 0.05) is 6.54 Å². The summed E-state index contributed by atoms with van der Waals surface area (Å²) in [5.74, 6) is -0.663. The third-order valence-corrected chi connectivity index (χ3v) is 3.17. The number of nitrogens with two attached hydrogens (primary N) is 1. The van der Waals surface area contributed by atoms with Crippen molar-refractivity contribution < 1.29 is 56.4 Å². The van der Waals surface area contributed by atoms with Gasteiger partial charge >= 0.3 is 35.6 Å². The second-order valence-corrected chi connectivity index (χ2v) is 4.86. The van der Waals surface area contributed by atoms with E-state index in [1.54, 1.807) is 0 Å². The van der Waals surface area contributed by atoms with Crippen molar-refractivity contribution in [2.75, 3.05) is 6.54 Å². The number of rotatable bonds is 3. The first-order valence-corrected chi connectivity index (χ1v) is 6.17. The van der Waals surface area contributed by atoms with E-state index < -0.39 is 34.4 Å². The van der Waals surface area contributed by atoms with Crippen LogP contribution >= 0.6 is 0 Å². The number of hydrogen-bond acceptors (Lipinski definition) is 6. The molecule has 0 radical (unpaired) electrons. The minimum absolute atomic E-state index is 0. The third kappa shape index (κ3) is 2.95. The van der Waals surface area contributed by atoms with Gasteiger partial charge in [-0.15, -0.1) is 0 Å². The number of carbonyl (C=O) groups excluding carboxylic acids is 2. The van der Waals surface area contributed by atoms with Crippen LogP contribution in [0.2, 0.25) is 0 Å². The zero-order chi connectivity index (χ0) is 12.8. The fraction of sp³-hybridized carbons (Fsp3) is 0.714. The quantitative estimate of drug-likeness (QED) is 0.314. The van der Waals surface area contributed by atoms with Crippen LogP contribution in [-0.4, -0.2) is 53.5 Å². The summed E-state index contributed by atoms with van der Waals surface area (Å²) < 4.78 is 35.4. The molecule has 0 spiro atoms. The molecule has 18 heavy (non-hydrogen) atoms. The average Bonchev–Trinajstić information content (AvgIpc) is 2.42. The number of hydrogen-bond donors (Lipinski definition) is 1. The van der Waals surface area contributed by atoms with E-state index in [0.29, 0.717) is 17.9 Å². The van der Waals surface area contributed by atoms with Crippen molar-refractivity contribution in [3.63, 3.8) is 0 Å². The third-order valence-electron chi connectivity index (χ3n) is 2.82. The molecule has 0 aromatic carbocycles. The largest absolute Gasteiger partial charge is 1.00 e. The SMILES string of the molecule is NC(=O)C1CC[C@@H]2CN1C(=O)N2OS(=O)(=O)[O-].[Na+]. The molecule has 2 heterocycles. The molecule has 2 aliphatic rings. The summed E-state index contributed by atoms with van der Waals surface area (Å²) in [4.78, 5) is 23.9. The van der Waals surface area contributed by atoms with E-state index >= 15 is 0 Å². The van der Waals surface area contributed by atoms with Crippen LogP contribution in [0.25, 0.3) is 0 Å². The summed E-state index contributed by atoms with van der Waals surface area (Å²) in [6.07, 6.45) is 0.676. The molecule has 0 aromatic heterocycles. The average molecular weight is 287 g/mol. The molecule has 11 heteroatoms. The van der Waals surface area contributed by atoms with Gasteiger partial charge in [0.1, 0.15) is 6.04 Å². The molecule has 2 atom stereocenters. The second-order valence-electron chi connectivity index (χ2n) is 3.89. The normalized spacial score (nSPS) is 27.1. The van der Waals surface area contributed by atoms with Crippen molar-refractivity contribution >= 4 is 22.3 Å². The first-order valence-electron chi connectivity index (χ1n) is 4.84. The van der Waals surface area contributed by atoms with E-state index in [1.807, 2.05) is 0 Å². The topological polar surface area (TPSA) is 133 Å². The van der Waals surface area contributed by atoms with Crippen LogP contribution in [0.3, 0.4) is 0 Å². The molecule has 1 unspecified atom stereocenters. The second kappa shape index (κ2) is 5.31. The number of urea groups is 1. The molecule has 2 saturated heterocycles. The van der Waals surface area contributed by atoms with Crippen molar-refractivity contribution in [3.8, 4) is 0 Å². The summed E-state index contributed by atoms with van der Waals surface area (Å²) in [5, 5.41) is 0.505. The van der Waals surface area contributed by atoms with E-state index in [4.69, 9.17) is 5.73 Å². The van der Waals surface area contributed by atoms with Crippen LogP contribution in [0.4, 0.5) is 4.79 Å². The van der Waals surface area contributed by atoms with Crippen molar-refractivity contribution in [1.29, 1.82) is 0 Å². The Morgan fingerprint density at radius 2 is 2.06 bits per heavy atom. The fourth-order valence-electron chi connectivity index (χ4n) is 2.12. The summed E-state index contributed by atoms with van der Waals surface area (Å²) >= 11 is 0. The van der Waals surface area contributed by atoms with Gasteiger partial charge in [-0.25, -0.2) is 13.2 Å². The summed E-state index contributed by atoms with van der Waals surface area (Å²) in [6, 6.07) is -2.14. The number of hydroxylamine groups is 2. The van der Waals surface area contributed by atoms with E-state index in [1.165, 1.54) is 0 Å². The fourth-order valence-corrected chi connectivity index (χ4v) is 2.51. The Morgan fingerprint density at radius 1 is 1.44 bits per heavy atom. The smallest absolute Gasteiger partial charge is 0.724 e. The molecule has 2 N–H and O–H groups in total. The number of primary amides is 1. The predicted octanol–water partition coefficient (Wildman–Crippen LogP) is -4.86. The van der Waals surface area contributed by atoms with Gasteiger partial charge in [-0.05, 0) is 12.8 Å². The van der Waals surface area contributed by atoms with Crippen molar-refractivity contribution in [3.05, 3.63) is 0 Å². The summed E-state index contributed by atoms with van der Waals surface area (Å²) in [7, 11) is -5.00. The molecular formula is C7H10N3NaO6S. The Morgan fingerprint density at radius 3 is 2.56 bits per heavy atom. The van der Waals surface area contributed by atoms with E-state index in [0.717, 1.165) is 4.90 Å². The van der Waals surface area contributed by atoms with Gasteiger partial charge in [0.25, 0.3) is 0 Å². The monoisotopic (exact) mass is 287 g/mol. The minimum atomic E-state index is -5.00. The molecule has 96 valence electrons. The summed E-state index contributed by atoms with van der Waals surface area (Å²) in [6.45, 7) is 0.127.